The summed E-state index contributed by atoms with van der Waals surface area (Å²) in [4.78, 5) is 24.0. The van der Waals surface area contributed by atoms with Crippen LogP contribution in [-0.4, -0.2) is 31.1 Å². The lowest BCUT2D eigenvalue weighted by molar-refractivity contribution is -0.123. The Balaban J connectivity index is 2.00. The van der Waals surface area contributed by atoms with Crippen LogP contribution in [0.1, 0.15) is 10.4 Å². The second-order valence-electron chi connectivity index (χ2n) is 5.26. The lowest BCUT2D eigenvalue weighted by Crippen LogP contribution is -2.34. The summed E-state index contributed by atoms with van der Waals surface area (Å²) < 4.78 is 42.0. The average Bonchev–Trinajstić information content (AvgIpc) is 2.59. The van der Waals surface area contributed by atoms with E-state index in [1.807, 2.05) is 0 Å². The Hall–Kier alpha value is -2.45. The summed E-state index contributed by atoms with van der Waals surface area (Å²) in [6.45, 7) is -1.91. The van der Waals surface area contributed by atoms with Gasteiger partial charge in [0.15, 0.2) is 6.61 Å². The van der Waals surface area contributed by atoms with Crippen molar-refractivity contribution in [2.75, 3.05) is 18.5 Å². The molecule has 2 aromatic rings. The maximum absolute atomic E-state index is 12.2. The van der Waals surface area contributed by atoms with Crippen LogP contribution in [0, 0.1) is 0 Å². The van der Waals surface area contributed by atoms with Crippen LogP contribution in [0.4, 0.5) is 18.9 Å². The minimum atomic E-state index is -4.54. The molecule has 0 aromatic heterocycles. The number of hydrogen-bond donors (Lipinski definition) is 2. The zero-order chi connectivity index (χ0) is 20.0. The van der Waals surface area contributed by atoms with Gasteiger partial charge in [-0.1, -0.05) is 35.3 Å². The summed E-state index contributed by atoms with van der Waals surface area (Å²) in [6.07, 6.45) is -4.54. The van der Waals surface area contributed by atoms with Gasteiger partial charge in [-0.15, -0.1) is 0 Å². The number of nitrogens with one attached hydrogen (secondary N) is 2. The van der Waals surface area contributed by atoms with E-state index in [1.165, 1.54) is 42.5 Å². The van der Waals surface area contributed by atoms with Gasteiger partial charge in [0.1, 0.15) is 12.3 Å². The van der Waals surface area contributed by atoms with Gasteiger partial charge in [0.2, 0.25) is 0 Å². The number of carbonyl (C=O) groups excluding carboxylic acids is 2. The summed E-state index contributed by atoms with van der Waals surface area (Å²) in [5.41, 5.74) is -0.0624. The largest absolute Gasteiger partial charge is 0.482 e. The molecule has 0 spiro atoms. The number of hydrogen-bond acceptors (Lipinski definition) is 3. The molecule has 0 aliphatic rings. The number of ether oxygens (including phenoxy) is 1. The Bertz CT molecular complexity index is 844. The first kappa shape index (κ1) is 20.9. The molecule has 0 unspecified atom stereocenters. The highest BCUT2D eigenvalue weighted by molar-refractivity contribution is 6.35. The molecule has 0 bridgehead atoms. The molecule has 144 valence electrons. The number of alkyl halides is 3. The van der Waals surface area contributed by atoms with E-state index in [4.69, 9.17) is 27.9 Å². The monoisotopic (exact) mass is 420 g/mol. The zero-order valence-electron chi connectivity index (χ0n) is 13.6. The summed E-state index contributed by atoms with van der Waals surface area (Å²) in [5, 5.41) is 4.77. The first-order chi connectivity index (χ1) is 12.7. The minimum absolute atomic E-state index is 0.0491. The number of halogens is 5. The van der Waals surface area contributed by atoms with Crippen molar-refractivity contribution in [2.24, 2.45) is 0 Å². The SMILES string of the molecule is O=C(COc1ccc(Cl)cc1Cl)Nc1ccccc1C(=O)NCC(F)(F)F. The fourth-order valence-electron chi connectivity index (χ4n) is 1.99. The van der Waals surface area contributed by atoms with E-state index in [0.29, 0.717) is 5.02 Å². The fraction of sp³-hybridized carbons (Fsp3) is 0.176. The third-order valence-electron chi connectivity index (χ3n) is 3.15. The van der Waals surface area contributed by atoms with Crippen LogP contribution in [0.5, 0.6) is 5.75 Å². The van der Waals surface area contributed by atoms with Crippen LogP contribution >= 0.6 is 23.2 Å². The Morgan fingerprint density at radius 1 is 1.07 bits per heavy atom. The van der Waals surface area contributed by atoms with Crippen molar-refractivity contribution < 1.29 is 27.5 Å². The lowest BCUT2D eigenvalue weighted by atomic mass is 10.1. The fourth-order valence-corrected chi connectivity index (χ4v) is 2.45. The Kier molecular flexibility index (Phi) is 6.92. The normalized spacial score (nSPS) is 11.0. The topological polar surface area (TPSA) is 67.4 Å². The molecular formula is C17H13Cl2F3N2O3. The van der Waals surface area contributed by atoms with E-state index in [2.05, 4.69) is 5.32 Å². The predicted molar refractivity (Wildman–Crippen MR) is 95.4 cm³/mol. The number of rotatable bonds is 6. The van der Waals surface area contributed by atoms with Crippen molar-refractivity contribution in [1.29, 1.82) is 0 Å². The van der Waals surface area contributed by atoms with Gasteiger partial charge in [0.05, 0.1) is 16.3 Å². The molecule has 2 N–H and O–H groups in total. The molecule has 10 heteroatoms. The van der Waals surface area contributed by atoms with Gasteiger partial charge in [-0.3, -0.25) is 9.59 Å². The van der Waals surface area contributed by atoms with Crippen LogP contribution in [0.3, 0.4) is 0 Å². The highest BCUT2D eigenvalue weighted by Gasteiger charge is 2.28. The van der Waals surface area contributed by atoms with Gasteiger partial charge in [-0.2, -0.15) is 13.2 Å². The molecule has 2 aromatic carbocycles. The lowest BCUT2D eigenvalue weighted by Gasteiger charge is -2.13. The van der Waals surface area contributed by atoms with Gasteiger partial charge in [-0.05, 0) is 30.3 Å². The quantitative estimate of drug-likeness (QED) is 0.731. The highest BCUT2D eigenvalue weighted by atomic mass is 35.5. The van der Waals surface area contributed by atoms with Gasteiger partial charge < -0.3 is 15.4 Å². The van der Waals surface area contributed by atoms with E-state index in [-0.39, 0.29) is 22.0 Å². The van der Waals surface area contributed by atoms with Crippen LogP contribution in [0.25, 0.3) is 0 Å². The van der Waals surface area contributed by atoms with Crippen molar-refractivity contribution in [3.05, 3.63) is 58.1 Å². The Morgan fingerprint density at radius 2 is 1.78 bits per heavy atom. The number of amides is 2. The molecule has 0 aliphatic carbocycles. The number of para-hydroxylation sites is 1. The molecule has 2 amide bonds. The highest BCUT2D eigenvalue weighted by Crippen LogP contribution is 2.27. The van der Waals surface area contributed by atoms with E-state index in [0.717, 1.165) is 0 Å². The summed E-state index contributed by atoms with van der Waals surface area (Å²) in [7, 11) is 0. The number of carbonyl (C=O) groups is 2. The van der Waals surface area contributed by atoms with Crippen molar-refractivity contribution in [3.8, 4) is 5.75 Å². The maximum atomic E-state index is 12.2. The molecule has 0 heterocycles. The molecule has 0 saturated heterocycles. The molecule has 0 aliphatic heterocycles. The van der Waals surface area contributed by atoms with Gasteiger partial charge in [0, 0.05) is 5.02 Å². The molecular weight excluding hydrogens is 408 g/mol. The van der Waals surface area contributed by atoms with Crippen molar-refractivity contribution in [2.45, 2.75) is 6.18 Å². The Morgan fingerprint density at radius 3 is 2.44 bits per heavy atom. The molecule has 27 heavy (non-hydrogen) atoms. The molecule has 2 rings (SSSR count). The van der Waals surface area contributed by atoms with Crippen LogP contribution < -0.4 is 15.4 Å². The summed E-state index contributed by atoms with van der Waals surface area (Å²) >= 11 is 11.7. The zero-order valence-corrected chi connectivity index (χ0v) is 15.1. The first-order valence-electron chi connectivity index (χ1n) is 7.47. The van der Waals surface area contributed by atoms with Crippen molar-refractivity contribution in [3.63, 3.8) is 0 Å². The smallest absolute Gasteiger partial charge is 0.405 e. The van der Waals surface area contributed by atoms with Crippen molar-refractivity contribution in [1.82, 2.24) is 5.32 Å². The Labute approximate surface area is 162 Å². The second kappa shape index (κ2) is 8.96. The molecule has 0 atom stereocenters. The maximum Gasteiger partial charge on any atom is 0.405 e. The van der Waals surface area contributed by atoms with Crippen LogP contribution in [0.15, 0.2) is 42.5 Å². The summed E-state index contributed by atoms with van der Waals surface area (Å²) in [5.74, 6) is -1.37. The average molecular weight is 421 g/mol. The van der Waals surface area contributed by atoms with Crippen LogP contribution in [0.2, 0.25) is 10.0 Å². The third-order valence-corrected chi connectivity index (χ3v) is 3.68. The minimum Gasteiger partial charge on any atom is -0.482 e. The number of benzene rings is 2. The van der Waals surface area contributed by atoms with Crippen molar-refractivity contribution >= 4 is 40.7 Å². The van der Waals surface area contributed by atoms with Gasteiger partial charge >= 0.3 is 6.18 Å². The van der Waals surface area contributed by atoms with E-state index in [1.54, 1.807) is 5.32 Å². The molecule has 5 nitrogen and oxygen atoms in total. The third kappa shape index (κ3) is 6.65. The molecule has 0 fully saturated rings. The van der Waals surface area contributed by atoms with E-state index < -0.39 is 31.1 Å². The first-order valence-corrected chi connectivity index (χ1v) is 8.23. The van der Waals surface area contributed by atoms with E-state index >= 15 is 0 Å². The van der Waals surface area contributed by atoms with Gasteiger partial charge in [0.25, 0.3) is 11.8 Å². The van der Waals surface area contributed by atoms with Crippen LogP contribution in [-0.2, 0) is 4.79 Å². The second-order valence-corrected chi connectivity index (χ2v) is 6.10. The van der Waals surface area contributed by atoms with Gasteiger partial charge in [-0.25, -0.2) is 0 Å². The standard InChI is InChI=1S/C17H13Cl2F3N2O3/c18-10-5-6-14(12(19)7-10)27-8-15(25)24-13-4-2-1-3-11(13)16(26)23-9-17(20,21)22/h1-7H,8-9H2,(H,23,26)(H,24,25). The van der Waals surface area contributed by atoms with E-state index in [9.17, 15) is 22.8 Å². The molecule has 0 radical (unpaired) electrons. The number of anilines is 1. The molecule has 0 saturated carbocycles. The summed E-state index contributed by atoms with van der Waals surface area (Å²) in [6, 6.07) is 10.1. The predicted octanol–water partition coefficient (Wildman–Crippen LogP) is 4.30.